The normalized spacial score (nSPS) is 11.2. The first-order valence-electron chi connectivity index (χ1n) is 6.96. The van der Waals surface area contributed by atoms with Gasteiger partial charge in [0.2, 0.25) is 0 Å². The molecule has 0 spiro atoms. The zero-order valence-electron chi connectivity index (χ0n) is 14.1. The Labute approximate surface area is 153 Å². The summed E-state index contributed by atoms with van der Waals surface area (Å²) in [4.78, 5) is 55.7. The molecule has 0 radical (unpaired) electrons. The number of carbonyl (C=O) groups excluding carboxylic acids is 1. The minimum atomic E-state index is -4.64. The van der Waals surface area contributed by atoms with Gasteiger partial charge in [0.25, 0.3) is 0 Å². The predicted molar refractivity (Wildman–Crippen MR) is 88.7 cm³/mol. The minimum Gasteiger partial charge on any atom is -0.505 e. The first-order valence-corrected chi connectivity index (χ1v) is 8.53. The van der Waals surface area contributed by atoms with Gasteiger partial charge >= 0.3 is 19.8 Å². The number of aromatic hydroxyl groups is 1. The lowest BCUT2D eigenvalue weighted by atomic mass is 10.1. The van der Waals surface area contributed by atoms with Crippen molar-refractivity contribution in [3.8, 4) is 5.75 Å². The summed E-state index contributed by atoms with van der Waals surface area (Å²) in [5.41, 5.74) is 5.84. The van der Waals surface area contributed by atoms with E-state index < -0.39 is 25.8 Å². The maximum absolute atomic E-state index is 10.5. The lowest BCUT2D eigenvalue weighted by Gasteiger charge is -2.04. The van der Waals surface area contributed by atoms with Crippen molar-refractivity contribution in [2.24, 2.45) is 5.73 Å². The summed E-state index contributed by atoms with van der Waals surface area (Å²) >= 11 is 0. The monoisotopic (exact) mass is 412 g/mol. The number of aliphatic hydroxyl groups is 1. The standard InChI is InChI=1S/C8H9NO3.C5H9NO4.H3O4P/c1-5-8(12)7(4-11)6(3-10)2-9-5;6-3(5(9)10)1-2-4(7)8;1-5(2,3)4/h2,4,10,12H,3H2,1H3;3H,1-2,6H2,(H,7,8)(H,9,10);(H3,1,2,3,4)/t;3-;/m.0./s1. The third-order valence-corrected chi connectivity index (χ3v) is 2.63. The number of phosphoric acid groups is 1. The predicted octanol–water partition coefficient (Wildman–Crippen LogP) is -1.27. The largest absolute Gasteiger partial charge is 0.505 e. The highest BCUT2D eigenvalue weighted by atomic mass is 31.2. The van der Waals surface area contributed by atoms with E-state index in [1.807, 2.05) is 0 Å². The van der Waals surface area contributed by atoms with Crippen LogP contribution in [0.1, 0.15) is 34.5 Å². The summed E-state index contributed by atoms with van der Waals surface area (Å²) in [6.07, 6.45) is 1.66. The van der Waals surface area contributed by atoms with E-state index in [1.165, 1.54) is 6.20 Å². The van der Waals surface area contributed by atoms with Crippen LogP contribution < -0.4 is 5.73 Å². The Morgan fingerprint density at radius 2 is 1.78 bits per heavy atom. The van der Waals surface area contributed by atoms with E-state index in [0.717, 1.165) is 0 Å². The van der Waals surface area contributed by atoms with Crippen molar-refractivity contribution in [2.45, 2.75) is 32.4 Å². The first-order chi connectivity index (χ1) is 12.2. The van der Waals surface area contributed by atoms with Crippen molar-refractivity contribution in [1.82, 2.24) is 4.98 Å². The quantitative estimate of drug-likeness (QED) is 0.201. The molecule has 0 saturated carbocycles. The number of hydrogen-bond acceptors (Lipinski definition) is 8. The molecule has 0 amide bonds. The van der Waals surface area contributed by atoms with Crippen LogP contribution in [0, 0.1) is 6.92 Å². The number of aldehydes is 1. The third-order valence-electron chi connectivity index (χ3n) is 2.63. The van der Waals surface area contributed by atoms with Crippen LogP contribution >= 0.6 is 7.82 Å². The van der Waals surface area contributed by atoms with E-state index in [2.05, 4.69) is 4.98 Å². The molecule has 13 nitrogen and oxygen atoms in total. The van der Waals surface area contributed by atoms with Crippen LogP contribution in [-0.4, -0.2) is 64.4 Å². The smallest absolute Gasteiger partial charge is 0.466 e. The van der Waals surface area contributed by atoms with Crippen LogP contribution in [0.15, 0.2) is 6.20 Å². The van der Waals surface area contributed by atoms with Gasteiger partial charge in [0.15, 0.2) is 6.29 Å². The van der Waals surface area contributed by atoms with Gasteiger partial charge in [-0.1, -0.05) is 0 Å². The van der Waals surface area contributed by atoms with E-state index in [-0.39, 0.29) is 30.8 Å². The fourth-order valence-electron chi connectivity index (χ4n) is 1.31. The maximum atomic E-state index is 10.5. The first kappa shape index (κ1) is 26.8. The molecular weight excluding hydrogens is 391 g/mol. The van der Waals surface area contributed by atoms with E-state index in [4.69, 9.17) is 40.3 Å². The zero-order valence-corrected chi connectivity index (χ0v) is 15.0. The van der Waals surface area contributed by atoms with Gasteiger partial charge in [0.05, 0.1) is 17.9 Å². The zero-order chi connectivity index (χ0) is 21.8. The number of carboxylic acids is 2. The van der Waals surface area contributed by atoms with E-state index >= 15 is 0 Å². The molecule has 1 heterocycles. The van der Waals surface area contributed by atoms with Crippen LogP contribution in [0.25, 0.3) is 0 Å². The van der Waals surface area contributed by atoms with Gasteiger partial charge in [-0.05, 0) is 13.3 Å². The number of carbonyl (C=O) groups is 3. The van der Waals surface area contributed by atoms with Gasteiger partial charge in [-0.15, -0.1) is 0 Å². The highest BCUT2D eigenvalue weighted by Crippen LogP contribution is 2.25. The van der Waals surface area contributed by atoms with Gasteiger partial charge in [-0.25, -0.2) is 4.57 Å². The molecule has 9 N–H and O–H groups in total. The molecule has 0 unspecified atom stereocenters. The summed E-state index contributed by atoms with van der Waals surface area (Å²) in [5, 5.41) is 34.3. The highest BCUT2D eigenvalue weighted by Gasteiger charge is 2.12. The van der Waals surface area contributed by atoms with Gasteiger partial charge in [-0.2, -0.15) is 0 Å². The summed E-state index contributed by atoms with van der Waals surface area (Å²) in [6.45, 7) is 1.29. The molecule has 0 aromatic carbocycles. The SMILES string of the molecule is Cc1ncc(CO)c(C=O)c1O.N[C@@H](CCC(=O)O)C(=O)O.O=P(O)(O)O. The van der Waals surface area contributed by atoms with Crippen LogP contribution in [0.4, 0.5) is 0 Å². The molecule has 0 aliphatic heterocycles. The molecule has 1 aromatic heterocycles. The van der Waals surface area contributed by atoms with E-state index in [1.54, 1.807) is 6.92 Å². The van der Waals surface area contributed by atoms with Crippen molar-refractivity contribution in [3.63, 3.8) is 0 Å². The van der Waals surface area contributed by atoms with Crippen molar-refractivity contribution in [1.29, 1.82) is 0 Å². The number of nitrogens with zero attached hydrogens (tertiary/aromatic N) is 1. The number of aryl methyl sites for hydroxylation is 1. The molecule has 1 aromatic rings. The topological polar surface area (TPSA) is 249 Å². The molecule has 14 heteroatoms. The average molecular weight is 412 g/mol. The minimum absolute atomic E-state index is 0.0231. The van der Waals surface area contributed by atoms with Crippen molar-refractivity contribution in [3.05, 3.63) is 23.0 Å². The molecule has 1 rings (SSSR count). The summed E-state index contributed by atoms with van der Waals surface area (Å²) < 4.78 is 8.88. The Bertz CT molecular complexity index is 681. The Morgan fingerprint density at radius 1 is 1.30 bits per heavy atom. The molecule has 0 aliphatic carbocycles. The second kappa shape index (κ2) is 12.9. The summed E-state index contributed by atoms with van der Waals surface area (Å²) in [5.74, 6) is -2.35. The molecule has 27 heavy (non-hydrogen) atoms. The van der Waals surface area contributed by atoms with Crippen molar-refractivity contribution in [2.75, 3.05) is 0 Å². The number of pyridine rings is 1. The molecule has 154 valence electrons. The third kappa shape index (κ3) is 14.4. The van der Waals surface area contributed by atoms with Gasteiger partial charge in [0, 0.05) is 18.2 Å². The number of aromatic nitrogens is 1. The molecule has 1 atom stereocenters. The Morgan fingerprint density at radius 3 is 2.11 bits per heavy atom. The van der Waals surface area contributed by atoms with Crippen LogP contribution in [0.2, 0.25) is 0 Å². The van der Waals surface area contributed by atoms with Crippen molar-refractivity contribution >= 4 is 26.0 Å². The molecule has 0 saturated heterocycles. The van der Waals surface area contributed by atoms with Crippen molar-refractivity contribution < 1.29 is 54.1 Å². The fraction of sp³-hybridized carbons (Fsp3) is 0.385. The lowest BCUT2D eigenvalue weighted by molar-refractivity contribution is -0.139. The Kier molecular flexibility index (Phi) is 12.8. The average Bonchev–Trinajstić information content (AvgIpc) is 2.53. The Hall–Kier alpha value is -2.41. The number of rotatable bonds is 6. The van der Waals surface area contributed by atoms with Crippen LogP contribution in [-0.2, 0) is 20.8 Å². The molecule has 0 fully saturated rings. The number of hydrogen-bond donors (Lipinski definition) is 8. The molecule has 0 bridgehead atoms. The van der Waals surface area contributed by atoms with Crippen LogP contribution in [0.5, 0.6) is 5.75 Å². The fourth-order valence-corrected chi connectivity index (χ4v) is 1.31. The number of aliphatic carboxylic acids is 2. The maximum Gasteiger partial charge on any atom is 0.466 e. The summed E-state index contributed by atoms with van der Waals surface area (Å²) in [7, 11) is -4.64. The second-order valence-corrected chi connectivity index (χ2v) is 5.82. The van der Waals surface area contributed by atoms with E-state index in [0.29, 0.717) is 17.5 Å². The van der Waals surface area contributed by atoms with Gasteiger partial charge in [-0.3, -0.25) is 19.4 Å². The highest BCUT2D eigenvalue weighted by molar-refractivity contribution is 7.45. The lowest BCUT2D eigenvalue weighted by Crippen LogP contribution is -2.30. The Balaban J connectivity index is 0. The van der Waals surface area contributed by atoms with E-state index in [9.17, 15) is 19.5 Å². The van der Waals surface area contributed by atoms with Crippen LogP contribution in [0.3, 0.4) is 0 Å². The second-order valence-electron chi connectivity index (χ2n) is 4.80. The molecule has 0 aliphatic rings. The number of nitrogens with two attached hydrogens (primary N) is 1. The van der Waals surface area contributed by atoms with Gasteiger partial charge < -0.3 is 40.8 Å². The molecular formula is C13H21N2O11P. The summed E-state index contributed by atoms with van der Waals surface area (Å²) in [6, 6.07) is -1.06. The van der Waals surface area contributed by atoms with Gasteiger partial charge in [0.1, 0.15) is 11.8 Å². The number of aliphatic hydroxyl groups excluding tert-OH is 1. The number of carboxylic acid groups (broad SMARTS) is 2.